The van der Waals surface area contributed by atoms with Crippen molar-refractivity contribution in [1.29, 1.82) is 0 Å². The number of aryl methyl sites for hydroxylation is 1. The van der Waals surface area contributed by atoms with E-state index in [4.69, 9.17) is 11.5 Å². The van der Waals surface area contributed by atoms with Crippen molar-refractivity contribution in [2.75, 3.05) is 0 Å². The molecule has 0 spiro atoms. The lowest BCUT2D eigenvalue weighted by atomic mass is 9.83. The minimum Gasteiger partial charge on any atom is -0.369 e. The molecule has 3 rings (SSSR count). The average Bonchev–Trinajstić information content (AvgIpc) is 2.98. The Morgan fingerprint density at radius 2 is 2.14 bits per heavy atom. The van der Waals surface area contributed by atoms with Gasteiger partial charge >= 0.3 is 0 Å². The summed E-state index contributed by atoms with van der Waals surface area (Å²) in [7, 11) is 0. The molecule has 0 saturated carbocycles. The van der Waals surface area contributed by atoms with Crippen molar-refractivity contribution in [3.63, 3.8) is 0 Å². The zero-order valence-corrected chi connectivity index (χ0v) is 13.8. The first-order valence-corrected chi connectivity index (χ1v) is 7.67. The molecule has 1 aliphatic rings. The van der Waals surface area contributed by atoms with E-state index in [1.165, 1.54) is 4.88 Å². The van der Waals surface area contributed by atoms with Gasteiger partial charge in [0.15, 0.2) is 0 Å². The number of aromatic nitrogens is 1. The Balaban J connectivity index is 0.00000176. The third-order valence-electron chi connectivity index (χ3n) is 3.64. The smallest absolute Gasteiger partial charge is 0.211 e. The zero-order valence-electron chi connectivity index (χ0n) is 12.2. The molecule has 0 radical (unpaired) electrons. The van der Waals surface area contributed by atoms with Crippen molar-refractivity contribution in [3.8, 4) is 0 Å². The molecule has 2 aromatic heterocycles. The largest absolute Gasteiger partial charge is 0.369 e. The number of halogens is 1. The summed E-state index contributed by atoms with van der Waals surface area (Å²) in [5, 5.41) is 10.2. The average molecular weight is 336 g/mol. The maximum atomic E-state index is 5.40. The zero-order chi connectivity index (χ0) is 14.8. The molecule has 0 saturated heterocycles. The molecule has 5 nitrogen and oxygen atoms in total. The van der Waals surface area contributed by atoms with Crippen LogP contribution in [0.5, 0.6) is 0 Å². The Kier molecular flexibility index (Phi) is 5.15. The molecule has 4 N–H and O–H groups in total. The van der Waals surface area contributed by atoms with Crippen molar-refractivity contribution >= 4 is 35.4 Å². The van der Waals surface area contributed by atoms with E-state index in [-0.39, 0.29) is 18.4 Å². The molecule has 0 aromatic carbocycles. The maximum absolute atomic E-state index is 5.40. The first-order chi connectivity index (χ1) is 10.1. The van der Waals surface area contributed by atoms with E-state index in [0.717, 1.165) is 35.4 Å². The van der Waals surface area contributed by atoms with E-state index in [1.54, 1.807) is 11.3 Å². The van der Waals surface area contributed by atoms with Crippen LogP contribution in [0.2, 0.25) is 0 Å². The second-order valence-corrected chi connectivity index (χ2v) is 6.12. The molecule has 1 aliphatic carbocycles. The van der Waals surface area contributed by atoms with Crippen LogP contribution < -0.4 is 11.5 Å². The van der Waals surface area contributed by atoms with Gasteiger partial charge in [-0.3, -0.25) is 4.98 Å². The Morgan fingerprint density at radius 1 is 1.32 bits per heavy atom. The normalized spacial score (nSPS) is 18.4. The fourth-order valence-corrected chi connectivity index (χ4v) is 3.57. The number of fused-ring (bicyclic) bond motifs is 1. The van der Waals surface area contributed by atoms with Crippen molar-refractivity contribution < 1.29 is 0 Å². The lowest BCUT2D eigenvalue weighted by Crippen LogP contribution is -2.24. The Hall–Kier alpha value is -1.92. The van der Waals surface area contributed by atoms with Gasteiger partial charge in [-0.25, -0.2) is 0 Å². The maximum Gasteiger partial charge on any atom is 0.211 e. The van der Waals surface area contributed by atoms with E-state index in [0.29, 0.717) is 5.92 Å². The highest BCUT2D eigenvalue weighted by Crippen LogP contribution is 2.35. The number of pyridine rings is 1. The Labute approximate surface area is 139 Å². The van der Waals surface area contributed by atoms with Gasteiger partial charge in [-0.15, -0.1) is 28.8 Å². The molecular weight excluding hydrogens is 318 g/mol. The minimum absolute atomic E-state index is 0. The molecule has 22 heavy (non-hydrogen) atoms. The predicted octanol–water partition coefficient (Wildman–Crippen LogP) is 2.58. The molecule has 1 unspecified atom stereocenters. The van der Waals surface area contributed by atoms with Crippen molar-refractivity contribution in [1.82, 2.24) is 4.98 Å². The summed E-state index contributed by atoms with van der Waals surface area (Å²) in [4.78, 5) is 5.88. The number of nitrogens with two attached hydrogens (primary N) is 2. The Morgan fingerprint density at radius 3 is 2.82 bits per heavy atom. The van der Waals surface area contributed by atoms with Crippen LogP contribution in [-0.2, 0) is 6.42 Å². The summed E-state index contributed by atoms with van der Waals surface area (Å²) < 4.78 is 0. The standard InChI is InChI=1S/C15H17N5S.ClH/c1-9-4-5-18-11-7-10(13-3-2-6-21-13)8-12(14(9)11)19-20-15(16)17;/h2-6,10H,7-8H2,1H3,(H4,16,17,20);1H. The quantitative estimate of drug-likeness (QED) is 0.502. The first kappa shape index (κ1) is 16.5. The number of guanidine groups is 1. The predicted molar refractivity (Wildman–Crippen MR) is 93.9 cm³/mol. The number of thiophene rings is 1. The summed E-state index contributed by atoms with van der Waals surface area (Å²) in [6, 6.07) is 6.23. The van der Waals surface area contributed by atoms with E-state index in [9.17, 15) is 0 Å². The number of hydrogen-bond acceptors (Lipinski definition) is 4. The molecule has 0 fully saturated rings. The van der Waals surface area contributed by atoms with E-state index in [2.05, 4.69) is 39.6 Å². The Bertz CT molecular complexity index is 705. The lowest BCUT2D eigenvalue weighted by molar-refractivity contribution is 0.689. The van der Waals surface area contributed by atoms with Crippen LogP contribution in [0.1, 0.15) is 34.0 Å². The first-order valence-electron chi connectivity index (χ1n) is 6.79. The molecular formula is C15H18ClN5S. The van der Waals surface area contributed by atoms with Crippen LogP contribution in [0.15, 0.2) is 40.0 Å². The molecule has 2 heterocycles. The van der Waals surface area contributed by atoms with Crippen molar-refractivity contribution in [2.24, 2.45) is 21.7 Å². The third kappa shape index (κ3) is 3.28. The van der Waals surface area contributed by atoms with Gasteiger partial charge in [0.25, 0.3) is 0 Å². The van der Waals surface area contributed by atoms with Crippen LogP contribution in [0.25, 0.3) is 0 Å². The summed E-state index contributed by atoms with van der Waals surface area (Å²) in [6.45, 7) is 2.07. The second-order valence-electron chi connectivity index (χ2n) is 5.14. The van der Waals surface area contributed by atoms with Gasteiger partial charge in [-0.05, 0) is 36.4 Å². The third-order valence-corrected chi connectivity index (χ3v) is 4.67. The highest BCUT2D eigenvalue weighted by atomic mass is 35.5. The van der Waals surface area contributed by atoms with Gasteiger partial charge in [-0.2, -0.15) is 5.10 Å². The molecule has 0 aliphatic heterocycles. The van der Waals surface area contributed by atoms with Crippen LogP contribution in [0.3, 0.4) is 0 Å². The molecule has 0 amide bonds. The van der Waals surface area contributed by atoms with E-state index in [1.807, 2.05) is 12.3 Å². The summed E-state index contributed by atoms with van der Waals surface area (Å²) in [6.07, 6.45) is 3.61. The van der Waals surface area contributed by atoms with Crippen LogP contribution in [-0.4, -0.2) is 16.7 Å². The number of rotatable bonds is 2. The summed E-state index contributed by atoms with van der Waals surface area (Å²) in [5.74, 6) is 0.364. The van der Waals surface area contributed by atoms with Gasteiger partial charge in [0, 0.05) is 29.0 Å². The molecule has 7 heteroatoms. The second kappa shape index (κ2) is 6.89. The molecule has 1 atom stereocenters. The van der Waals surface area contributed by atoms with Crippen molar-refractivity contribution in [3.05, 3.63) is 51.5 Å². The van der Waals surface area contributed by atoms with E-state index >= 15 is 0 Å². The number of nitrogens with zero attached hydrogens (tertiary/aromatic N) is 3. The minimum atomic E-state index is -0.0242. The number of hydrogen-bond donors (Lipinski definition) is 2. The van der Waals surface area contributed by atoms with Crippen LogP contribution in [0, 0.1) is 6.92 Å². The van der Waals surface area contributed by atoms with Crippen LogP contribution >= 0.6 is 23.7 Å². The fourth-order valence-electron chi connectivity index (χ4n) is 2.74. The molecule has 0 bridgehead atoms. The van der Waals surface area contributed by atoms with Gasteiger partial charge < -0.3 is 11.5 Å². The lowest BCUT2D eigenvalue weighted by Gasteiger charge is -2.25. The molecule has 116 valence electrons. The van der Waals surface area contributed by atoms with Gasteiger partial charge in [0.05, 0.1) is 11.4 Å². The summed E-state index contributed by atoms with van der Waals surface area (Å²) in [5.41, 5.74) is 15.0. The van der Waals surface area contributed by atoms with Crippen molar-refractivity contribution in [2.45, 2.75) is 25.7 Å². The van der Waals surface area contributed by atoms with E-state index < -0.39 is 0 Å². The monoisotopic (exact) mass is 335 g/mol. The highest BCUT2D eigenvalue weighted by molar-refractivity contribution is 7.10. The molecule has 2 aromatic rings. The SMILES string of the molecule is Cc1ccnc2c1C(=NN=C(N)N)CC(c1cccs1)C2.Cl. The van der Waals surface area contributed by atoms with Gasteiger partial charge in [0.2, 0.25) is 5.96 Å². The summed E-state index contributed by atoms with van der Waals surface area (Å²) >= 11 is 1.77. The van der Waals surface area contributed by atoms with Gasteiger partial charge in [-0.1, -0.05) is 6.07 Å². The van der Waals surface area contributed by atoms with Crippen LogP contribution in [0.4, 0.5) is 0 Å². The fraction of sp³-hybridized carbons (Fsp3) is 0.267. The highest BCUT2D eigenvalue weighted by Gasteiger charge is 2.27. The topological polar surface area (TPSA) is 89.6 Å². The van der Waals surface area contributed by atoms with Gasteiger partial charge in [0.1, 0.15) is 0 Å².